The summed E-state index contributed by atoms with van der Waals surface area (Å²) in [6.45, 7) is 0.898. The molecule has 0 aliphatic carbocycles. The molecule has 1 amide bonds. The molecule has 1 unspecified atom stereocenters. The van der Waals surface area contributed by atoms with Crippen LogP contribution in [0.5, 0.6) is 0 Å². The van der Waals surface area contributed by atoms with Crippen LogP contribution in [0.3, 0.4) is 0 Å². The molecule has 1 aliphatic rings. The van der Waals surface area contributed by atoms with Crippen molar-refractivity contribution in [1.29, 1.82) is 0 Å². The van der Waals surface area contributed by atoms with Crippen LogP contribution in [-0.2, 0) is 21.2 Å². The van der Waals surface area contributed by atoms with Crippen molar-refractivity contribution in [2.24, 2.45) is 0 Å². The first kappa shape index (κ1) is 17.2. The van der Waals surface area contributed by atoms with Crippen LogP contribution in [0.4, 0.5) is 0 Å². The van der Waals surface area contributed by atoms with Gasteiger partial charge in [0.1, 0.15) is 0 Å². The molecule has 0 saturated carbocycles. The molecule has 1 aromatic carbocycles. The molecule has 1 heterocycles. The van der Waals surface area contributed by atoms with Crippen molar-refractivity contribution in [3.63, 3.8) is 0 Å². The Morgan fingerprint density at radius 3 is 2.45 bits per heavy atom. The number of nitrogens with zero attached hydrogens (tertiary/aromatic N) is 2. The summed E-state index contributed by atoms with van der Waals surface area (Å²) >= 11 is 5.85. The van der Waals surface area contributed by atoms with Gasteiger partial charge < -0.3 is 4.90 Å². The average molecular weight is 345 g/mol. The van der Waals surface area contributed by atoms with Crippen LogP contribution in [0, 0.1) is 0 Å². The highest BCUT2D eigenvalue weighted by molar-refractivity contribution is 7.91. The van der Waals surface area contributed by atoms with Crippen molar-refractivity contribution in [3.8, 4) is 0 Å². The van der Waals surface area contributed by atoms with E-state index in [1.165, 1.54) is 0 Å². The molecule has 0 N–H and O–H groups in total. The van der Waals surface area contributed by atoms with Crippen LogP contribution in [0.2, 0.25) is 5.02 Å². The van der Waals surface area contributed by atoms with Gasteiger partial charge in [-0.05, 0) is 31.2 Å². The van der Waals surface area contributed by atoms with Gasteiger partial charge in [-0.3, -0.25) is 9.69 Å². The minimum absolute atomic E-state index is 0.0569. The van der Waals surface area contributed by atoms with Crippen LogP contribution in [0.15, 0.2) is 24.3 Å². The molecule has 0 aromatic heterocycles. The van der Waals surface area contributed by atoms with Crippen LogP contribution < -0.4 is 0 Å². The maximum absolute atomic E-state index is 12.3. The smallest absolute Gasteiger partial charge is 0.236 e. The van der Waals surface area contributed by atoms with Crippen LogP contribution in [0.25, 0.3) is 0 Å². The Hall–Kier alpha value is -1.11. The first-order valence-electron chi connectivity index (χ1n) is 7.16. The topological polar surface area (TPSA) is 57.7 Å². The van der Waals surface area contributed by atoms with E-state index in [0.717, 1.165) is 5.56 Å². The molecule has 1 aliphatic heterocycles. The molecule has 0 spiro atoms. The van der Waals surface area contributed by atoms with Crippen molar-refractivity contribution in [3.05, 3.63) is 34.9 Å². The molecule has 5 nitrogen and oxygen atoms in total. The van der Waals surface area contributed by atoms with E-state index in [2.05, 4.69) is 0 Å². The molecule has 1 atom stereocenters. The summed E-state index contributed by atoms with van der Waals surface area (Å²) in [5.41, 5.74) is 1.07. The van der Waals surface area contributed by atoms with Crippen LogP contribution in [0.1, 0.15) is 12.0 Å². The van der Waals surface area contributed by atoms with Gasteiger partial charge in [0.15, 0.2) is 9.84 Å². The largest absolute Gasteiger partial charge is 0.341 e. The zero-order chi connectivity index (χ0) is 16.3. The van der Waals surface area contributed by atoms with E-state index >= 15 is 0 Å². The normalized spacial score (nSPS) is 20.3. The van der Waals surface area contributed by atoms with Gasteiger partial charge in [-0.25, -0.2) is 8.42 Å². The van der Waals surface area contributed by atoms with Crippen LogP contribution in [-0.4, -0.2) is 62.3 Å². The van der Waals surface area contributed by atoms with E-state index in [0.29, 0.717) is 18.0 Å². The second kappa shape index (κ2) is 6.98. The number of sulfone groups is 1. The number of hydrogen-bond donors (Lipinski definition) is 0. The Bertz CT molecular complexity index is 631. The fraction of sp³-hybridized carbons (Fsp3) is 0.533. The molecule has 22 heavy (non-hydrogen) atoms. The Kier molecular flexibility index (Phi) is 5.47. The lowest BCUT2D eigenvalue weighted by atomic mass is 10.2. The minimum atomic E-state index is -2.98. The van der Waals surface area contributed by atoms with E-state index in [9.17, 15) is 13.2 Å². The zero-order valence-electron chi connectivity index (χ0n) is 12.8. The maximum Gasteiger partial charge on any atom is 0.236 e. The number of halogens is 1. The van der Waals surface area contributed by atoms with Crippen molar-refractivity contribution in [1.82, 2.24) is 9.80 Å². The van der Waals surface area contributed by atoms with E-state index in [-0.39, 0.29) is 30.0 Å². The predicted molar refractivity (Wildman–Crippen MR) is 87.6 cm³/mol. The molecule has 7 heteroatoms. The van der Waals surface area contributed by atoms with E-state index in [1.54, 1.807) is 11.9 Å². The molecule has 1 fully saturated rings. The Morgan fingerprint density at radius 2 is 1.91 bits per heavy atom. The summed E-state index contributed by atoms with van der Waals surface area (Å²) in [5, 5.41) is 0.685. The number of carbonyl (C=O) groups excluding carboxylic acids is 1. The highest BCUT2D eigenvalue weighted by Gasteiger charge is 2.32. The lowest BCUT2D eigenvalue weighted by Gasteiger charge is -2.26. The number of hydrogen-bond acceptors (Lipinski definition) is 4. The molecular weight excluding hydrogens is 324 g/mol. The lowest BCUT2D eigenvalue weighted by Crippen LogP contribution is -2.42. The standard InChI is InChI=1S/C15H21ClN2O3S/c1-17(9-12-3-5-13(16)6-4-12)10-15(19)18(2)14-7-8-22(20,21)11-14/h3-6,14H,7-11H2,1-2H3. The number of amides is 1. The molecule has 122 valence electrons. The fourth-order valence-electron chi connectivity index (χ4n) is 2.58. The van der Waals surface area contributed by atoms with Gasteiger partial charge in [-0.2, -0.15) is 0 Å². The second-order valence-electron chi connectivity index (χ2n) is 5.86. The van der Waals surface area contributed by atoms with Gasteiger partial charge in [0.05, 0.1) is 18.1 Å². The van der Waals surface area contributed by atoms with E-state index in [1.807, 2.05) is 36.2 Å². The molecule has 2 rings (SSSR count). The number of benzene rings is 1. The van der Waals surface area contributed by atoms with Gasteiger partial charge in [0, 0.05) is 24.7 Å². The van der Waals surface area contributed by atoms with Crippen molar-refractivity contribution in [2.75, 3.05) is 32.1 Å². The molecular formula is C15H21ClN2O3S. The zero-order valence-corrected chi connectivity index (χ0v) is 14.4. The first-order valence-corrected chi connectivity index (χ1v) is 9.36. The quantitative estimate of drug-likeness (QED) is 0.810. The lowest BCUT2D eigenvalue weighted by molar-refractivity contribution is -0.132. The summed E-state index contributed by atoms with van der Waals surface area (Å²) < 4.78 is 23.0. The van der Waals surface area contributed by atoms with E-state index < -0.39 is 9.84 Å². The summed E-state index contributed by atoms with van der Waals surface area (Å²) in [6.07, 6.45) is 0.533. The summed E-state index contributed by atoms with van der Waals surface area (Å²) in [4.78, 5) is 15.7. The Labute approximate surface area is 136 Å². The maximum atomic E-state index is 12.3. The molecule has 1 saturated heterocycles. The monoisotopic (exact) mass is 344 g/mol. The highest BCUT2D eigenvalue weighted by atomic mass is 35.5. The van der Waals surface area contributed by atoms with Gasteiger partial charge in [-0.1, -0.05) is 23.7 Å². The van der Waals surface area contributed by atoms with Gasteiger partial charge in [0.2, 0.25) is 5.91 Å². The van der Waals surface area contributed by atoms with Crippen LogP contribution >= 0.6 is 11.6 Å². The van der Waals surface area contributed by atoms with Gasteiger partial charge in [0.25, 0.3) is 0 Å². The van der Waals surface area contributed by atoms with Crippen molar-refractivity contribution < 1.29 is 13.2 Å². The van der Waals surface area contributed by atoms with Crippen molar-refractivity contribution >= 4 is 27.3 Å². The fourth-order valence-corrected chi connectivity index (χ4v) is 4.48. The van der Waals surface area contributed by atoms with Gasteiger partial charge >= 0.3 is 0 Å². The number of carbonyl (C=O) groups is 1. The Balaban J connectivity index is 1.87. The molecule has 1 aromatic rings. The predicted octanol–water partition coefficient (Wildman–Crippen LogP) is 1.42. The average Bonchev–Trinajstić information content (AvgIpc) is 2.80. The molecule has 0 bridgehead atoms. The third-order valence-electron chi connectivity index (χ3n) is 3.92. The summed E-state index contributed by atoms with van der Waals surface area (Å²) in [7, 11) is 0.576. The SMILES string of the molecule is CN(CC(=O)N(C)C1CCS(=O)(=O)C1)Cc1ccc(Cl)cc1. The van der Waals surface area contributed by atoms with E-state index in [4.69, 9.17) is 11.6 Å². The third-order valence-corrected chi connectivity index (χ3v) is 5.92. The van der Waals surface area contributed by atoms with Crippen molar-refractivity contribution in [2.45, 2.75) is 19.0 Å². The molecule has 0 radical (unpaired) electrons. The minimum Gasteiger partial charge on any atom is -0.341 e. The number of rotatable bonds is 5. The Morgan fingerprint density at radius 1 is 1.27 bits per heavy atom. The first-order chi connectivity index (χ1) is 10.3. The highest BCUT2D eigenvalue weighted by Crippen LogP contribution is 2.17. The third kappa shape index (κ3) is 4.69. The number of likely N-dealkylation sites (N-methyl/N-ethyl adjacent to an activating group) is 2. The summed E-state index contributed by atoms with van der Waals surface area (Å²) in [6, 6.07) is 7.30. The second-order valence-corrected chi connectivity index (χ2v) is 8.53. The summed E-state index contributed by atoms with van der Waals surface area (Å²) in [5.74, 6) is 0.199. The van der Waals surface area contributed by atoms with Gasteiger partial charge in [-0.15, -0.1) is 0 Å².